The molecule has 4 rings (SSSR count). The predicted molar refractivity (Wildman–Crippen MR) is 116 cm³/mol. The fourth-order valence-corrected chi connectivity index (χ4v) is 5.90. The Kier molecular flexibility index (Phi) is 6.12. The first kappa shape index (κ1) is 22.5. The number of nitrogens with zero attached hydrogens (tertiary/aromatic N) is 2. The van der Waals surface area contributed by atoms with E-state index in [4.69, 9.17) is 4.74 Å². The maximum absolute atomic E-state index is 13.8. The van der Waals surface area contributed by atoms with E-state index in [-0.39, 0.29) is 46.4 Å². The van der Waals surface area contributed by atoms with E-state index >= 15 is 0 Å². The average Bonchev–Trinajstić information content (AvgIpc) is 3.14. The number of aromatic nitrogens is 1. The van der Waals surface area contributed by atoms with Crippen LogP contribution in [0.4, 0.5) is 13.9 Å². The minimum Gasteiger partial charge on any atom is -0.373 e. The van der Waals surface area contributed by atoms with Crippen molar-refractivity contribution in [1.82, 2.24) is 14.7 Å². The first-order chi connectivity index (χ1) is 15.1. The summed E-state index contributed by atoms with van der Waals surface area (Å²) in [7, 11) is -3.72. The average molecular weight is 483 g/mol. The number of rotatable bonds is 5. The van der Waals surface area contributed by atoms with Crippen LogP contribution in [0.5, 0.6) is 0 Å². The minimum absolute atomic E-state index is 0.00513. The number of hydrogen-bond donors (Lipinski definition) is 2. The predicted octanol–water partition coefficient (Wildman–Crippen LogP) is 3.13. The van der Waals surface area contributed by atoms with Crippen molar-refractivity contribution in [2.45, 2.75) is 31.0 Å². The summed E-state index contributed by atoms with van der Waals surface area (Å²) < 4.78 is 60.1. The molecule has 1 saturated heterocycles. The normalized spacial score (nSPS) is 19.8. The summed E-state index contributed by atoms with van der Waals surface area (Å²) in [5.41, 5.74) is 5.18. The van der Waals surface area contributed by atoms with E-state index in [1.807, 2.05) is 13.8 Å². The number of nitrogens with one attached hydrogen (secondary N) is 2. The summed E-state index contributed by atoms with van der Waals surface area (Å²) >= 11 is 0.973. The van der Waals surface area contributed by atoms with Gasteiger partial charge in [-0.05, 0) is 44.2 Å². The van der Waals surface area contributed by atoms with Crippen molar-refractivity contribution in [1.29, 1.82) is 0 Å². The first-order valence-corrected chi connectivity index (χ1v) is 12.0. The van der Waals surface area contributed by atoms with Crippen LogP contribution in [-0.2, 0) is 14.8 Å². The largest absolute Gasteiger partial charge is 0.373 e. The lowest BCUT2D eigenvalue weighted by atomic mass is 10.2. The molecule has 1 aromatic heterocycles. The number of carbonyl (C=O) groups excluding carboxylic acids is 1. The highest BCUT2D eigenvalue weighted by Gasteiger charge is 2.32. The molecule has 3 aromatic rings. The molecule has 0 spiro atoms. The third kappa shape index (κ3) is 4.58. The van der Waals surface area contributed by atoms with Crippen molar-refractivity contribution < 1.29 is 26.7 Å². The zero-order chi connectivity index (χ0) is 23.0. The molecule has 2 atom stereocenters. The Morgan fingerprint density at radius 3 is 2.47 bits per heavy atom. The molecule has 0 unspecified atom stereocenters. The van der Waals surface area contributed by atoms with Gasteiger partial charge in [-0.3, -0.25) is 15.6 Å². The number of hydrazine groups is 1. The van der Waals surface area contributed by atoms with E-state index < -0.39 is 27.6 Å². The van der Waals surface area contributed by atoms with E-state index in [1.54, 1.807) is 0 Å². The second kappa shape index (κ2) is 8.70. The molecule has 12 heteroatoms. The number of halogens is 2. The van der Waals surface area contributed by atoms with Gasteiger partial charge in [0.05, 0.1) is 21.8 Å². The summed E-state index contributed by atoms with van der Waals surface area (Å²) in [6, 6.07) is 7.40. The molecule has 0 radical (unpaired) electrons. The first-order valence-electron chi connectivity index (χ1n) is 9.71. The summed E-state index contributed by atoms with van der Waals surface area (Å²) in [6.45, 7) is 4.14. The standard InChI is InChI=1S/C20H20F2N4O4S2/c1-11-9-26(10-12(2)30-11)32(28,29)15-5-3-13(4-6-15)19(27)24-25-20-23-18-16(22)7-14(21)8-17(18)31-20/h3-8,11-12H,9-10H2,1-2H3,(H,23,25)(H,24,27)/t11-,12-/m0/s1. The lowest BCUT2D eigenvalue weighted by molar-refractivity contribution is -0.0440. The van der Waals surface area contributed by atoms with E-state index in [2.05, 4.69) is 15.8 Å². The van der Waals surface area contributed by atoms with Crippen molar-refractivity contribution in [2.75, 3.05) is 18.5 Å². The van der Waals surface area contributed by atoms with Gasteiger partial charge in [0.2, 0.25) is 15.2 Å². The Bertz CT molecular complexity index is 1250. The number of carbonyl (C=O) groups is 1. The highest BCUT2D eigenvalue weighted by atomic mass is 32.2. The molecular weight excluding hydrogens is 462 g/mol. The number of hydrogen-bond acceptors (Lipinski definition) is 7. The topological polar surface area (TPSA) is 101 Å². The van der Waals surface area contributed by atoms with Crippen molar-refractivity contribution in [3.05, 3.63) is 53.6 Å². The maximum atomic E-state index is 13.8. The van der Waals surface area contributed by atoms with Crippen LogP contribution in [0.25, 0.3) is 10.2 Å². The van der Waals surface area contributed by atoms with E-state index in [0.29, 0.717) is 4.70 Å². The Morgan fingerprint density at radius 1 is 1.16 bits per heavy atom. The number of anilines is 1. The molecule has 2 aromatic carbocycles. The van der Waals surface area contributed by atoms with Gasteiger partial charge in [-0.2, -0.15) is 4.31 Å². The van der Waals surface area contributed by atoms with Crippen LogP contribution in [0.2, 0.25) is 0 Å². The van der Waals surface area contributed by atoms with Gasteiger partial charge in [-0.1, -0.05) is 11.3 Å². The maximum Gasteiger partial charge on any atom is 0.269 e. The summed E-state index contributed by atoms with van der Waals surface area (Å²) in [6.07, 6.45) is -0.422. The van der Waals surface area contributed by atoms with Gasteiger partial charge in [-0.15, -0.1) is 0 Å². The van der Waals surface area contributed by atoms with Crippen LogP contribution in [0, 0.1) is 11.6 Å². The molecule has 8 nitrogen and oxygen atoms in total. The zero-order valence-electron chi connectivity index (χ0n) is 17.1. The lowest BCUT2D eigenvalue weighted by Gasteiger charge is -2.34. The van der Waals surface area contributed by atoms with Crippen molar-refractivity contribution in [2.24, 2.45) is 0 Å². The Balaban J connectivity index is 1.44. The minimum atomic E-state index is -3.72. The molecule has 0 saturated carbocycles. The van der Waals surface area contributed by atoms with Gasteiger partial charge in [0.15, 0.2) is 5.82 Å². The number of ether oxygens (including phenoxy) is 1. The van der Waals surface area contributed by atoms with Gasteiger partial charge < -0.3 is 4.74 Å². The van der Waals surface area contributed by atoms with Crippen LogP contribution in [0.3, 0.4) is 0 Å². The number of thiazole rings is 1. The second-order valence-electron chi connectivity index (χ2n) is 7.44. The summed E-state index contributed by atoms with van der Waals surface area (Å²) in [5, 5.41) is 0.174. The fourth-order valence-electron chi connectivity index (χ4n) is 3.45. The second-order valence-corrected chi connectivity index (χ2v) is 10.4. The molecule has 0 aliphatic carbocycles. The van der Waals surface area contributed by atoms with Crippen LogP contribution in [0.15, 0.2) is 41.3 Å². The molecule has 170 valence electrons. The molecule has 2 heterocycles. The number of sulfonamides is 1. The highest BCUT2D eigenvalue weighted by molar-refractivity contribution is 7.89. The van der Waals surface area contributed by atoms with Gasteiger partial charge in [0.1, 0.15) is 11.3 Å². The van der Waals surface area contributed by atoms with Crippen LogP contribution >= 0.6 is 11.3 Å². The molecular formula is C20H20F2N4O4S2. The van der Waals surface area contributed by atoms with Gasteiger partial charge >= 0.3 is 0 Å². The number of fused-ring (bicyclic) bond motifs is 1. The Labute approximate surface area is 187 Å². The van der Waals surface area contributed by atoms with E-state index in [1.165, 1.54) is 28.6 Å². The smallest absolute Gasteiger partial charge is 0.269 e. The molecule has 1 amide bonds. The number of benzene rings is 2. The van der Waals surface area contributed by atoms with Crippen LogP contribution in [0.1, 0.15) is 24.2 Å². The number of morpholine rings is 1. The molecule has 2 N–H and O–H groups in total. The molecule has 1 aliphatic rings. The SMILES string of the molecule is C[C@H]1CN(S(=O)(=O)c2ccc(C(=O)NNc3nc4c(F)cc(F)cc4s3)cc2)C[C@H](C)O1. The van der Waals surface area contributed by atoms with E-state index in [0.717, 1.165) is 23.5 Å². The molecule has 1 aliphatic heterocycles. The third-order valence-electron chi connectivity index (χ3n) is 4.84. The van der Waals surface area contributed by atoms with E-state index in [9.17, 15) is 22.0 Å². The van der Waals surface area contributed by atoms with Crippen molar-refractivity contribution >= 4 is 42.6 Å². The quantitative estimate of drug-likeness (QED) is 0.542. The summed E-state index contributed by atoms with van der Waals surface area (Å²) in [4.78, 5) is 16.5. The highest BCUT2D eigenvalue weighted by Crippen LogP contribution is 2.28. The summed E-state index contributed by atoms with van der Waals surface area (Å²) in [5.74, 6) is -2.06. The third-order valence-corrected chi connectivity index (χ3v) is 7.60. The lowest BCUT2D eigenvalue weighted by Crippen LogP contribution is -2.48. The zero-order valence-corrected chi connectivity index (χ0v) is 18.8. The van der Waals surface area contributed by atoms with Crippen LogP contribution in [-0.4, -0.2) is 48.9 Å². The van der Waals surface area contributed by atoms with Gasteiger partial charge in [0, 0.05) is 24.7 Å². The molecule has 32 heavy (non-hydrogen) atoms. The van der Waals surface area contributed by atoms with Crippen molar-refractivity contribution in [3.8, 4) is 0 Å². The van der Waals surface area contributed by atoms with Crippen LogP contribution < -0.4 is 10.9 Å². The van der Waals surface area contributed by atoms with Crippen molar-refractivity contribution in [3.63, 3.8) is 0 Å². The number of amides is 1. The fraction of sp³-hybridized carbons (Fsp3) is 0.300. The van der Waals surface area contributed by atoms with Gasteiger partial charge in [0.25, 0.3) is 5.91 Å². The van der Waals surface area contributed by atoms with Gasteiger partial charge in [-0.25, -0.2) is 22.2 Å². The Morgan fingerprint density at radius 2 is 1.81 bits per heavy atom. The Hall–Kier alpha value is -2.67. The molecule has 0 bridgehead atoms. The monoisotopic (exact) mass is 482 g/mol. The molecule has 1 fully saturated rings.